The zero-order valence-corrected chi connectivity index (χ0v) is 19.0. The van der Waals surface area contributed by atoms with Gasteiger partial charge in [-0.15, -0.1) is 24.0 Å². The van der Waals surface area contributed by atoms with Gasteiger partial charge in [0.05, 0.1) is 20.3 Å². The van der Waals surface area contributed by atoms with Crippen molar-refractivity contribution < 1.29 is 14.3 Å². The number of benzene rings is 1. The molecular formula is C19H33IN4O3. The summed E-state index contributed by atoms with van der Waals surface area (Å²) in [6.07, 6.45) is 1.06. The fourth-order valence-corrected chi connectivity index (χ4v) is 2.05. The number of hydrogen-bond donors (Lipinski definition) is 3. The van der Waals surface area contributed by atoms with E-state index < -0.39 is 0 Å². The van der Waals surface area contributed by atoms with Crippen molar-refractivity contribution >= 4 is 35.8 Å². The Bertz CT molecular complexity index is 550. The van der Waals surface area contributed by atoms with Gasteiger partial charge in [0.1, 0.15) is 5.75 Å². The average Bonchev–Trinajstić information content (AvgIpc) is 2.65. The summed E-state index contributed by atoms with van der Waals surface area (Å²) in [4.78, 5) is 16.0. The summed E-state index contributed by atoms with van der Waals surface area (Å²) in [7, 11) is 3.30. The van der Waals surface area contributed by atoms with Gasteiger partial charge in [-0.2, -0.15) is 0 Å². The lowest BCUT2D eigenvalue weighted by atomic mass is 10.1. The number of hydrogen-bond acceptors (Lipinski definition) is 4. The van der Waals surface area contributed by atoms with Crippen LogP contribution in [0.25, 0.3) is 0 Å². The first-order valence-corrected chi connectivity index (χ1v) is 8.97. The smallest absolute Gasteiger partial charge is 0.239 e. The maximum Gasteiger partial charge on any atom is 0.239 e. The van der Waals surface area contributed by atoms with Gasteiger partial charge in [0, 0.05) is 26.7 Å². The van der Waals surface area contributed by atoms with Crippen molar-refractivity contribution in [1.82, 2.24) is 16.0 Å². The molecule has 0 aliphatic heterocycles. The summed E-state index contributed by atoms with van der Waals surface area (Å²) < 4.78 is 10.6. The highest BCUT2D eigenvalue weighted by Gasteiger charge is 2.04. The fraction of sp³-hybridized carbons (Fsp3) is 0.579. The van der Waals surface area contributed by atoms with Crippen molar-refractivity contribution in [2.45, 2.75) is 26.8 Å². The van der Waals surface area contributed by atoms with Gasteiger partial charge in [-0.05, 0) is 30.0 Å². The Kier molecular flexibility index (Phi) is 14.6. The van der Waals surface area contributed by atoms with Crippen LogP contribution in [0.3, 0.4) is 0 Å². The van der Waals surface area contributed by atoms with Crippen LogP contribution in [-0.2, 0) is 16.1 Å². The third-order valence-corrected chi connectivity index (χ3v) is 3.67. The second-order valence-electron chi connectivity index (χ2n) is 6.27. The normalized spacial score (nSPS) is 10.9. The van der Waals surface area contributed by atoms with Crippen LogP contribution >= 0.6 is 24.0 Å². The number of aliphatic imine (C=N–C) groups is 1. The standard InChI is InChI=1S/C19H32N4O3.HI/c1-15(2)9-11-26-12-10-21-19(20-3)23-14-18(24)22-13-16-5-7-17(25-4)8-6-16;/h5-8,15H,9-14H2,1-4H3,(H,22,24)(H2,20,21,23);1H. The summed E-state index contributed by atoms with van der Waals surface area (Å²) in [6, 6.07) is 7.59. The van der Waals surface area contributed by atoms with E-state index in [2.05, 4.69) is 34.8 Å². The van der Waals surface area contributed by atoms with Crippen LogP contribution in [-0.4, -0.2) is 52.3 Å². The largest absolute Gasteiger partial charge is 0.497 e. The molecule has 1 amide bonds. The summed E-state index contributed by atoms with van der Waals surface area (Å²) in [5.74, 6) is 1.92. The van der Waals surface area contributed by atoms with E-state index in [1.165, 1.54) is 0 Å². The highest BCUT2D eigenvalue weighted by atomic mass is 127. The van der Waals surface area contributed by atoms with Crippen molar-refractivity contribution in [3.8, 4) is 5.75 Å². The van der Waals surface area contributed by atoms with Gasteiger partial charge in [-0.3, -0.25) is 9.79 Å². The van der Waals surface area contributed by atoms with Gasteiger partial charge >= 0.3 is 0 Å². The number of halogens is 1. The molecule has 0 spiro atoms. The van der Waals surface area contributed by atoms with Crippen LogP contribution in [0.15, 0.2) is 29.3 Å². The summed E-state index contributed by atoms with van der Waals surface area (Å²) in [5, 5.41) is 8.96. The summed E-state index contributed by atoms with van der Waals surface area (Å²) in [5.41, 5.74) is 1.01. The predicted octanol–water partition coefficient (Wildman–Crippen LogP) is 2.16. The van der Waals surface area contributed by atoms with Crippen LogP contribution in [0.4, 0.5) is 0 Å². The molecule has 0 fully saturated rings. The van der Waals surface area contributed by atoms with Crippen LogP contribution in [0.1, 0.15) is 25.8 Å². The monoisotopic (exact) mass is 492 g/mol. The molecule has 0 heterocycles. The molecule has 0 bridgehead atoms. The van der Waals surface area contributed by atoms with E-state index in [1.807, 2.05) is 24.3 Å². The number of rotatable bonds is 11. The maximum absolute atomic E-state index is 11.9. The molecule has 8 heteroatoms. The Morgan fingerprint density at radius 2 is 1.81 bits per heavy atom. The molecule has 1 rings (SSSR count). The van der Waals surface area contributed by atoms with Gasteiger partial charge in [0.25, 0.3) is 0 Å². The van der Waals surface area contributed by atoms with Gasteiger partial charge in [-0.1, -0.05) is 26.0 Å². The molecule has 27 heavy (non-hydrogen) atoms. The Hall–Kier alpha value is -1.55. The topological polar surface area (TPSA) is 84.0 Å². The number of ether oxygens (including phenoxy) is 2. The maximum atomic E-state index is 11.9. The highest BCUT2D eigenvalue weighted by Crippen LogP contribution is 2.10. The van der Waals surface area contributed by atoms with E-state index >= 15 is 0 Å². The highest BCUT2D eigenvalue weighted by molar-refractivity contribution is 14.0. The van der Waals surface area contributed by atoms with Gasteiger partial charge < -0.3 is 25.4 Å². The molecule has 154 valence electrons. The fourth-order valence-electron chi connectivity index (χ4n) is 2.05. The average molecular weight is 492 g/mol. The number of amides is 1. The minimum atomic E-state index is -0.100. The molecule has 3 N–H and O–H groups in total. The van der Waals surface area contributed by atoms with E-state index in [4.69, 9.17) is 9.47 Å². The molecule has 0 aliphatic carbocycles. The predicted molar refractivity (Wildman–Crippen MR) is 120 cm³/mol. The minimum absolute atomic E-state index is 0. The van der Waals surface area contributed by atoms with E-state index in [0.29, 0.717) is 31.6 Å². The third kappa shape index (κ3) is 12.5. The number of carbonyl (C=O) groups is 1. The van der Waals surface area contributed by atoms with E-state index in [1.54, 1.807) is 14.2 Å². The Morgan fingerprint density at radius 1 is 1.11 bits per heavy atom. The molecule has 0 saturated heterocycles. The zero-order valence-electron chi connectivity index (χ0n) is 16.7. The number of nitrogens with zero attached hydrogens (tertiary/aromatic N) is 1. The van der Waals surface area contributed by atoms with Crippen molar-refractivity contribution in [2.24, 2.45) is 10.9 Å². The van der Waals surface area contributed by atoms with Crippen molar-refractivity contribution in [1.29, 1.82) is 0 Å². The van der Waals surface area contributed by atoms with E-state index in [9.17, 15) is 4.79 Å². The van der Waals surface area contributed by atoms with Crippen molar-refractivity contribution in [3.05, 3.63) is 29.8 Å². The molecule has 0 atom stereocenters. The Labute approximate surface area is 179 Å². The first-order chi connectivity index (χ1) is 12.5. The van der Waals surface area contributed by atoms with Gasteiger partial charge in [0.2, 0.25) is 5.91 Å². The van der Waals surface area contributed by atoms with Crippen molar-refractivity contribution in [2.75, 3.05) is 40.5 Å². The lowest BCUT2D eigenvalue weighted by Crippen LogP contribution is -2.43. The van der Waals surface area contributed by atoms with E-state index in [0.717, 1.165) is 24.3 Å². The Balaban J connectivity index is 0.00000676. The first-order valence-electron chi connectivity index (χ1n) is 8.97. The van der Waals surface area contributed by atoms with Crippen LogP contribution in [0.5, 0.6) is 5.75 Å². The second-order valence-corrected chi connectivity index (χ2v) is 6.27. The minimum Gasteiger partial charge on any atom is -0.497 e. The van der Waals surface area contributed by atoms with Crippen LogP contribution in [0, 0.1) is 5.92 Å². The zero-order chi connectivity index (χ0) is 19.2. The number of guanidine groups is 1. The molecular weight excluding hydrogens is 459 g/mol. The molecule has 1 aromatic carbocycles. The molecule has 0 unspecified atom stereocenters. The lowest BCUT2D eigenvalue weighted by molar-refractivity contribution is -0.120. The molecule has 7 nitrogen and oxygen atoms in total. The summed E-state index contributed by atoms with van der Waals surface area (Å²) >= 11 is 0. The molecule has 0 aromatic heterocycles. The number of methoxy groups -OCH3 is 1. The molecule has 0 saturated carbocycles. The SMILES string of the molecule is CN=C(NCCOCCC(C)C)NCC(=O)NCc1ccc(OC)cc1.I. The van der Waals surface area contributed by atoms with Crippen LogP contribution in [0.2, 0.25) is 0 Å². The molecule has 0 radical (unpaired) electrons. The van der Waals surface area contributed by atoms with Crippen LogP contribution < -0.4 is 20.7 Å². The van der Waals surface area contributed by atoms with E-state index in [-0.39, 0.29) is 36.4 Å². The molecule has 0 aliphatic rings. The van der Waals surface area contributed by atoms with Crippen molar-refractivity contribution in [3.63, 3.8) is 0 Å². The number of nitrogens with one attached hydrogen (secondary N) is 3. The second kappa shape index (κ2) is 15.5. The Morgan fingerprint density at radius 3 is 2.41 bits per heavy atom. The lowest BCUT2D eigenvalue weighted by Gasteiger charge is -2.12. The summed E-state index contributed by atoms with van der Waals surface area (Å²) in [6.45, 7) is 6.99. The first kappa shape index (κ1) is 25.4. The molecule has 1 aromatic rings. The van der Waals surface area contributed by atoms with Gasteiger partial charge in [0.15, 0.2) is 5.96 Å². The third-order valence-electron chi connectivity index (χ3n) is 3.67. The number of carbonyl (C=O) groups excluding carboxylic acids is 1. The quantitative estimate of drug-likeness (QED) is 0.191. The van der Waals surface area contributed by atoms with Gasteiger partial charge in [-0.25, -0.2) is 0 Å².